The molecule has 0 atom stereocenters. The van der Waals surface area contributed by atoms with Crippen LogP contribution in [0.3, 0.4) is 0 Å². The second-order valence-electron chi connectivity index (χ2n) is 4.28. The Morgan fingerprint density at radius 1 is 1.15 bits per heavy atom. The van der Waals surface area contributed by atoms with Gasteiger partial charge in [0.25, 0.3) is 0 Å². The highest BCUT2D eigenvalue weighted by Crippen LogP contribution is 2.28. The van der Waals surface area contributed by atoms with Gasteiger partial charge in [0.2, 0.25) is 0 Å². The molecule has 0 nitrogen and oxygen atoms in total. The number of hydrogen-bond acceptors (Lipinski definition) is 0. The Bertz CT molecular complexity index is 269. The maximum Gasteiger partial charge on any atom is -0.0248 e. The van der Waals surface area contributed by atoms with Gasteiger partial charge in [0, 0.05) is 0 Å². The lowest BCUT2D eigenvalue weighted by Gasteiger charge is -2.10. The monoisotopic (exact) mass is 174 g/mol. The van der Waals surface area contributed by atoms with Crippen molar-refractivity contribution in [2.45, 2.75) is 39.0 Å². The van der Waals surface area contributed by atoms with Crippen LogP contribution in [-0.4, -0.2) is 0 Å². The normalized spacial score (nSPS) is 17.9. The first-order valence-corrected chi connectivity index (χ1v) is 5.41. The van der Waals surface area contributed by atoms with Gasteiger partial charge in [-0.1, -0.05) is 49.9 Å². The van der Waals surface area contributed by atoms with Crippen molar-refractivity contribution in [3.05, 3.63) is 35.4 Å². The molecule has 0 saturated heterocycles. The molecule has 0 bridgehead atoms. The third-order valence-electron chi connectivity index (χ3n) is 3.24. The van der Waals surface area contributed by atoms with Crippen molar-refractivity contribution in [3.63, 3.8) is 0 Å². The van der Waals surface area contributed by atoms with Crippen molar-refractivity contribution >= 4 is 0 Å². The second-order valence-corrected chi connectivity index (χ2v) is 4.28. The Labute approximate surface area is 81.0 Å². The summed E-state index contributed by atoms with van der Waals surface area (Å²) in [6.07, 6.45) is 7.13. The summed E-state index contributed by atoms with van der Waals surface area (Å²) in [6.45, 7) is 2.23. The molecule has 0 amide bonds. The van der Waals surface area contributed by atoms with Crippen LogP contribution >= 0.6 is 0 Å². The molecule has 0 aliphatic heterocycles. The summed E-state index contributed by atoms with van der Waals surface area (Å²) in [4.78, 5) is 0. The fraction of sp³-hybridized carbons (Fsp3) is 0.538. The van der Waals surface area contributed by atoms with E-state index < -0.39 is 0 Å². The van der Waals surface area contributed by atoms with Gasteiger partial charge in [-0.3, -0.25) is 0 Å². The fourth-order valence-electron chi connectivity index (χ4n) is 2.36. The topological polar surface area (TPSA) is 0 Å². The van der Waals surface area contributed by atoms with Gasteiger partial charge in [0.05, 0.1) is 0 Å². The van der Waals surface area contributed by atoms with E-state index in [1.165, 1.54) is 37.7 Å². The smallest absolute Gasteiger partial charge is 0.0248 e. The van der Waals surface area contributed by atoms with Crippen LogP contribution in [-0.2, 0) is 6.42 Å². The zero-order valence-corrected chi connectivity index (χ0v) is 8.42. The van der Waals surface area contributed by atoms with Crippen molar-refractivity contribution in [1.82, 2.24) is 0 Å². The maximum absolute atomic E-state index is 2.29. The first-order chi connectivity index (χ1) is 6.36. The quantitative estimate of drug-likeness (QED) is 0.641. The molecule has 1 aliphatic carbocycles. The summed E-state index contributed by atoms with van der Waals surface area (Å²) < 4.78 is 0. The standard InChI is InChI=1S/C13H18/c1-11-6-2-5-9-13(11)10-12-7-3-4-8-12/h2,5-6,9,12H,3-4,7-8,10H2,1H3. The highest BCUT2D eigenvalue weighted by molar-refractivity contribution is 5.25. The van der Waals surface area contributed by atoms with Crippen LogP contribution in [0.15, 0.2) is 24.3 Å². The Morgan fingerprint density at radius 2 is 1.85 bits per heavy atom. The summed E-state index contributed by atoms with van der Waals surface area (Å²) in [5.41, 5.74) is 3.03. The second kappa shape index (κ2) is 3.95. The van der Waals surface area contributed by atoms with E-state index in [1.54, 1.807) is 5.56 Å². The highest BCUT2D eigenvalue weighted by Gasteiger charge is 2.15. The number of benzene rings is 1. The largest absolute Gasteiger partial charge is 0.0620 e. The molecular weight excluding hydrogens is 156 g/mol. The minimum Gasteiger partial charge on any atom is -0.0620 e. The zero-order chi connectivity index (χ0) is 9.10. The number of aryl methyl sites for hydroxylation is 1. The summed E-state index contributed by atoms with van der Waals surface area (Å²) >= 11 is 0. The fourth-order valence-corrected chi connectivity index (χ4v) is 2.36. The average molecular weight is 174 g/mol. The molecule has 0 heterocycles. The lowest BCUT2D eigenvalue weighted by molar-refractivity contribution is 0.545. The van der Waals surface area contributed by atoms with Crippen LogP contribution in [0.1, 0.15) is 36.8 Å². The number of rotatable bonds is 2. The first kappa shape index (κ1) is 8.80. The van der Waals surface area contributed by atoms with Gasteiger partial charge in [-0.2, -0.15) is 0 Å². The Balaban J connectivity index is 2.04. The van der Waals surface area contributed by atoms with E-state index in [0.29, 0.717) is 0 Å². The molecular formula is C13H18. The van der Waals surface area contributed by atoms with Crippen molar-refractivity contribution in [2.24, 2.45) is 5.92 Å². The van der Waals surface area contributed by atoms with Gasteiger partial charge in [-0.05, 0) is 30.4 Å². The molecule has 0 radical (unpaired) electrons. The average Bonchev–Trinajstić information content (AvgIpc) is 2.61. The number of hydrogen-bond donors (Lipinski definition) is 0. The van der Waals surface area contributed by atoms with Crippen LogP contribution in [0.5, 0.6) is 0 Å². The van der Waals surface area contributed by atoms with Gasteiger partial charge in [-0.25, -0.2) is 0 Å². The SMILES string of the molecule is Cc1ccccc1CC1CCCC1. The first-order valence-electron chi connectivity index (χ1n) is 5.41. The summed E-state index contributed by atoms with van der Waals surface area (Å²) in [5, 5.41) is 0. The van der Waals surface area contributed by atoms with Crippen LogP contribution < -0.4 is 0 Å². The van der Waals surface area contributed by atoms with Crippen LogP contribution in [0.4, 0.5) is 0 Å². The lowest BCUT2D eigenvalue weighted by atomic mass is 9.95. The van der Waals surface area contributed by atoms with E-state index in [9.17, 15) is 0 Å². The molecule has 13 heavy (non-hydrogen) atoms. The van der Waals surface area contributed by atoms with Gasteiger partial charge in [0.15, 0.2) is 0 Å². The lowest BCUT2D eigenvalue weighted by Crippen LogP contribution is -2.00. The Morgan fingerprint density at radius 3 is 2.54 bits per heavy atom. The molecule has 1 fully saturated rings. The molecule has 0 aromatic heterocycles. The molecule has 0 unspecified atom stereocenters. The van der Waals surface area contributed by atoms with Crippen LogP contribution in [0.25, 0.3) is 0 Å². The Kier molecular flexibility index (Phi) is 2.68. The summed E-state index contributed by atoms with van der Waals surface area (Å²) in [6, 6.07) is 8.81. The molecule has 1 aromatic rings. The van der Waals surface area contributed by atoms with Gasteiger partial charge < -0.3 is 0 Å². The molecule has 0 spiro atoms. The van der Waals surface area contributed by atoms with E-state index in [1.807, 2.05) is 0 Å². The third kappa shape index (κ3) is 2.12. The summed E-state index contributed by atoms with van der Waals surface area (Å²) in [7, 11) is 0. The molecule has 70 valence electrons. The van der Waals surface area contributed by atoms with Crippen LogP contribution in [0.2, 0.25) is 0 Å². The van der Waals surface area contributed by atoms with Gasteiger partial charge >= 0.3 is 0 Å². The molecule has 0 heteroatoms. The van der Waals surface area contributed by atoms with Gasteiger partial charge in [0.1, 0.15) is 0 Å². The maximum atomic E-state index is 2.29. The Hall–Kier alpha value is -0.780. The van der Waals surface area contributed by atoms with Crippen LogP contribution in [0, 0.1) is 12.8 Å². The predicted octanol–water partition coefficient (Wildman–Crippen LogP) is 3.73. The third-order valence-corrected chi connectivity index (χ3v) is 3.24. The molecule has 2 rings (SSSR count). The highest BCUT2D eigenvalue weighted by atomic mass is 14.2. The van der Waals surface area contributed by atoms with E-state index in [0.717, 1.165) is 5.92 Å². The minimum atomic E-state index is 0.973. The van der Waals surface area contributed by atoms with E-state index in [-0.39, 0.29) is 0 Å². The van der Waals surface area contributed by atoms with E-state index in [4.69, 9.17) is 0 Å². The molecule has 0 N–H and O–H groups in total. The predicted molar refractivity (Wildman–Crippen MR) is 56.8 cm³/mol. The van der Waals surface area contributed by atoms with Crippen molar-refractivity contribution in [2.75, 3.05) is 0 Å². The zero-order valence-electron chi connectivity index (χ0n) is 8.42. The van der Waals surface area contributed by atoms with E-state index in [2.05, 4.69) is 31.2 Å². The van der Waals surface area contributed by atoms with Gasteiger partial charge in [-0.15, -0.1) is 0 Å². The van der Waals surface area contributed by atoms with Crippen molar-refractivity contribution in [3.8, 4) is 0 Å². The van der Waals surface area contributed by atoms with E-state index >= 15 is 0 Å². The van der Waals surface area contributed by atoms with Crippen molar-refractivity contribution < 1.29 is 0 Å². The minimum absolute atomic E-state index is 0.973. The van der Waals surface area contributed by atoms with Crippen molar-refractivity contribution in [1.29, 1.82) is 0 Å². The molecule has 1 saturated carbocycles. The molecule has 1 aromatic carbocycles. The summed E-state index contributed by atoms with van der Waals surface area (Å²) in [5.74, 6) is 0.973. The molecule has 1 aliphatic rings.